The van der Waals surface area contributed by atoms with Crippen molar-refractivity contribution in [2.75, 3.05) is 84.6 Å². The number of hydrogen-bond acceptors (Lipinski definition) is 26. The van der Waals surface area contributed by atoms with Crippen molar-refractivity contribution < 1.29 is 51.1 Å². The first-order chi connectivity index (χ1) is 49.7. The van der Waals surface area contributed by atoms with Gasteiger partial charge in [-0.25, -0.2) is 0 Å². The second kappa shape index (κ2) is 58.3. The van der Waals surface area contributed by atoms with Crippen LogP contribution in [-0.2, 0) is 0 Å². The second-order valence-corrected chi connectivity index (χ2v) is 73.4. The Kier molecular flexibility index (Phi) is 67.1. The van der Waals surface area contributed by atoms with Crippen LogP contribution < -0.4 is 0 Å². The van der Waals surface area contributed by atoms with Gasteiger partial charge in [-0.1, -0.05) is 132 Å². The van der Waals surface area contributed by atoms with Gasteiger partial charge in [0.05, 0.1) is 105 Å². The Morgan fingerprint density at radius 2 is 0.487 bits per heavy atom. The molecule has 0 aliphatic rings. The lowest BCUT2D eigenvalue weighted by atomic mass is 10.00. The smallest absolute Gasteiger partial charge is 0.171 e. The SMILES string of the molecule is C=CC(C)(O)C=NN(C)C.CC(C)(O)C=N[Si](C)(C)C.CC(O)(C=N[Si](C)(C)C)[Si](C)(C)C.CCC(C)(O)C=NN(C)C.CCC(C)(O)C=N[Si](C)(C)C.CCC(O)(C=NN(C)C)CC.CCC(O)(C=N[Si](C)(C)C)CC.CC[Si](CC)(CC)C(C)(O)C=NN(C)C.CN(C)N=CC(C)(C)O.CN(C)N=CC(C)(O)[Si](C)(C)C. The maximum Gasteiger partial charge on any atom is 0.171 e. The molecule has 0 spiro atoms. The molecule has 6 unspecified atom stereocenters. The lowest BCUT2D eigenvalue weighted by Gasteiger charge is -2.39. The molecule has 33 heteroatoms. The molecule has 0 heterocycles. The van der Waals surface area contributed by atoms with Gasteiger partial charge in [-0.2, -0.15) is 30.6 Å². The minimum Gasteiger partial charge on any atom is -0.388 e. The summed E-state index contributed by atoms with van der Waals surface area (Å²) < 4.78 is 17.6. The molecule has 26 nitrogen and oxygen atoms in total. The van der Waals surface area contributed by atoms with Crippen molar-refractivity contribution in [3.63, 3.8) is 0 Å². The van der Waals surface area contributed by atoms with E-state index in [1.165, 1.54) is 18.5 Å². The number of hydrogen-bond donors (Lipinski definition) is 10. The lowest BCUT2D eigenvalue weighted by molar-refractivity contribution is 0.107. The molecule has 0 rings (SSSR count). The van der Waals surface area contributed by atoms with E-state index in [0.29, 0.717) is 19.3 Å². The van der Waals surface area contributed by atoms with Gasteiger partial charge in [0.15, 0.2) is 32.9 Å². The summed E-state index contributed by atoms with van der Waals surface area (Å²) in [5.74, 6) is 0. The summed E-state index contributed by atoms with van der Waals surface area (Å²) in [6, 6.07) is 3.31. The molecule has 10 N–H and O–H groups in total. The topological polar surface area (TPSA) is 345 Å². The van der Waals surface area contributed by atoms with Gasteiger partial charge >= 0.3 is 0 Å². The maximum absolute atomic E-state index is 10.6. The Morgan fingerprint density at radius 3 is 0.717 bits per heavy atom. The van der Waals surface area contributed by atoms with Crippen molar-refractivity contribution in [2.45, 2.75) is 361 Å². The molecule has 0 aliphatic carbocycles. The minimum atomic E-state index is -1.63. The molecule has 0 aromatic carbocycles. The van der Waals surface area contributed by atoms with Crippen molar-refractivity contribution in [1.82, 2.24) is 30.1 Å². The van der Waals surface area contributed by atoms with Gasteiger partial charge in [-0.15, -0.1) is 0 Å². The average Bonchev–Trinajstić information content (AvgIpc) is 0.802. The first-order valence-electron chi connectivity index (χ1n) is 40.2. The van der Waals surface area contributed by atoms with Crippen molar-refractivity contribution in [3.05, 3.63) is 12.7 Å². The number of rotatable bonds is 33. The number of nitrogens with zero attached hydrogens (tertiary/aromatic N) is 16. The molecule has 0 radical (unpaired) electrons. The van der Waals surface area contributed by atoms with E-state index in [9.17, 15) is 46.0 Å². The van der Waals surface area contributed by atoms with Crippen LogP contribution in [-0.4, -0.2) is 340 Å². The first-order valence-corrected chi connectivity index (χ1v) is 63.6. The summed E-state index contributed by atoms with van der Waals surface area (Å²) in [4.78, 5) is 0. The molecule has 0 aliphatic heterocycles. The summed E-state index contributed by atoms with van der Waals surface area (Å²) in [5, 5.41) is 129. The summed E-state index contributed by atoms with van der Waals surface area (Å²) in [7, 11) is 11.6. The molecule has 6 atom stereocenters. The zero-order valence-electron chi connectivity index (χ0n) is 82.5. The van der Waals surface area contributed by atoms with Crippen LogP contribution in [0.25, 0.3) is 0 Å². The molecule has 0 bridgehead atoms. The quantitative estimate of drug-likeness (QED) is 0.0126. The van der Waals surface area contributed by atoms with Crippen LogP contribution in [0, 0.1) is 0 Å². The van der Waals surface area contributed by atoms with Crippen LogP contribution in [0.2, 0.25) is 136 Å². The molecule has 0 fully saturated rings. The van der Waals surface area contributed by atoms with Crippen LogP contribution in [0.1, 0.15) is 170 Å². The first kappa shape index (κ1) is 130. The van der Waals surface area contributed by atoms with Gasteiger partial charge < -0.3 is 99.8 Å². The van der Waals surface area contributed by atoms with E-state index < -0.39 is 112 Å². The predicted octanol–water partition coefficient (Wildman–Crippen LogP) is 14.7. The monoisotopic (exact) mass is 1730 g/mol. The second-order valence-electron chi connectivity index (χ2n) is 38.3. The van der Waals surface area contributed by atoms with E-state index in [1.54, 1.807) is 142 Å². The van der Waals surface area contributed by atoms with E-state index in [4.69, 9.17) is 5.11 Å². The highest BCUT2D eigenvalue weighted by molar-refractivity contribution is 6.85. The van der Waals surface area contributed by atoms with E-state index >= 15 is 0 Å². The zero-order valence-corrected chi connectivity index (χ0v) is 89.5. The molecular weight excluding hydrogens is 1540 g/mol. The standard InChI is InChI=1S/C11H26N2OSi.C9H23NOSi2.C9H21NOSi.C8H20N2OSi.C8H18N2O.C8H19NOSi.C7H16N2O.C7H14N2O.C7H17NOSi.C6H14N2O/c1-7-15(8-2,9-3)11(4,14)10-12-13(5)6;1-9(11,12(2,3)4)8-10-13(5,6)7;1-6-9(11,7-2)8-10-12(3,4)5;1-8(11,12(4,5)6)7-9-10(2)3;1-5-8(11,6-2)7-9-10(3)4;1-6-8(2,10)7-9-11(3,4)5;2*1-5-7(2,10)6-8-9(3)4;1-7(2,9)6-8-10(3,4)5;1-6(2,9)5-7-8(3)4/h10,14H,7-9H2,1-6H3;8,11H,1-7H3;8,11H,6-7H2,1-5H3;7,11H,1-6H3;7,11H,5-6H2,1-4H3;7,10H,6H2,1-5H3;6,10H,5H2,1-4H3;5-6,10H,1H2,2-4H3;6,9H,1-5H3;5,9H,1-4H3. The number of hydrazone groups is 6. The largest absolute Gasteiger partial charge is 0.388 e. The fourth-order valence-corrected chi connectivity index (χ4v) is 13.8. The van der Waals surface area contributed by atoms with E-state index in [2.05, 4.69) is 194 Å². The Hall–Kier alpha value is -3.64. The number of aliphatic hydroxyl groups is 10. The molecule has 0 aromatic heterocycles. The third-order valence-electron chi connectivity index (χ3n) is 16.7. The van der Waals surface area contributed by atoms with Crippen LogP contribution in [0.15, 0.2) is 61.9 Å². The van der Waals surface area contributed by atoms with E-state index in [-0.39, 0.29) is 0 Å². The molecule has 0 aromatic rings. The van der Waals surface area contributed by atoms with Gasteiger partial charge in [-0.3, -0.25) is 0 Å². The Balaban J connectivity index is -0.000000131. The summed E-state index contributed by atoms with van der Waals surface area (Å²) in [6.45, 7) is 78.0. The third-order valence-corrected chi connectivity index (χ3v) is 32.9. The molecule has 676 valence electrons. The molecular formula is C80H188N16O10Si7. The maximum atomic E-state index is 10.6. The fraction of sp³-hybridized carbons (Fsp3) is 0.850. The van der Waals surface area contributed by atoms with Crippen molar-refractivity contribution in [3.8, 4) is 0 Å². The van der Waals surface area contributed by atoms with Crippen LogP contribution in [0.3, 0.4) is 0 Å². The Morgan fingerprint density at radius 1 is 0.265 bits per heavy atom. The zero-order chi connectivity index (χ0) is 93.2. The molecule has 0 amide bonds. The van der Waals surface area contributed by atoms with Gasteiger partial charge in [0.25, 0.3) is 0 Å². The minimum absolute atomic E-state index is 0.666. The van der Waals surface area contributed by atoms with E-state index in [0.717, 1.165) is 37.4 Å². The highest BCUT2D eigenvalue weighted by Crippen LogP contribution is 2.31. The lowest BCUT2D eigenvalue weighted by Crippen LogP contribution is -2.56. The van der Waals surface area contributed by atoms with E-state index in [1.807, 2.05) is 133 Å². The molecule has 113 heavy (non-hydrogen) atoms. The average molecular weight is 1730 g/mol. The third kappa shape index (κ3) is 89.0. The summed E-state index contributed by atoms with van der Waals surface area (Å²) in [5.41, 5.74) is -5.40. The van der Waals surface area contributed by atoms with Crippen molar-refractivity contribution in [2.24, 2.45) is 49.2 Å². The van der Waals surface area contributed by atoms with Crippen LogP contribution in [0.4, 0.5) is 0 Å². The summed E-state index contributed by atoms with van der Waals surface area (Å²) in [6.07, 6.45) is 22.1. The van der Waals surface area contributed by atoms with Gasteiger partial charge in [0.1, 0.15) is 11.2 Å². The Labute approximate surface area is 703 Å². The van der Waals surface area contributed by atoms with Gasteiger partial charge in [0.2, 0.25) is 0 Å². The van der Waals surface area contributed by atoms with Gasteiger partial charge in [0, 0.05) is 109 Å². The van der Waals surface area contributed by atoms with Crippen molar-refractivity contribution >= 4 is 119 Å². The van der Waals surface area contributed by atoms with Crippen LogP contribution >= 0.6 is 0 Å². The predicted molar refractivity (Wildman–Crippen MR) is 522 cm³/mol. The molecule has 0 saturated carbocycles. The Bertz CT molecular complexity index is 2680. The molecule has 0 saturated heterocycles. The fourth-order valence-electron chi connectivity index (χ4n) is 6.17. The van der Waals surface area contributed by atoms with Crippen LogP contribution in [0.5, 0.6) is 0 Å². The normalized spacial score (nSPS) is 16.2. The summed E-state index contributed by atoms with van der Waals surface area (Å²) >= 11 is 0. The highest BCUT2D eigenvalue weighted by Gasteiger charge is 2.44. The van der Waals surface area contributed by atoms with Crippen molar-refractivity contribution in [1.29, 1.82) is 0 Å². The highest BCUT2D eigenvalue weighted by atomic mass is 28.3. The van der Waals surface area contributed by atoms with Gasteiger partial charge in [-0.05, 0) is 186 Å².